The van der Waals surface area contributed by atoms with Gasteiger partial charge in [-0.15, -0.1) is 0 Å². The van der Waals surface area contributed by atoms with Crippen LogP contribution in [0.4, 0.5) is 15.8 Å². The Morgan fingerprint density at radius 2 is 1.95 bits per heavy atom. The monoisotopic (exact) mass is 307 g/mol. The van der Waals surface area contributed by atoms with E-state index in [4.69, 9.17) is 0 Å². The van der Waals surface area contributed by atoms with Crippen LogP contribution in [-0.2, 0) is 14.8 Å². The van der Waals surface area contributed by atoms with Gasteiger partial charge in [-0.1, -0.05) is 12.1 Å². The lowest BCUT2D eigenvalue weighted by Gasteiger charge is -2.29. The molecule has 1 amide bonds. The molecule has 108 valence electrons. The smallest absolute Gasteiger partial charge is 0.285 e. The minimum atomic E-state index is -4.25. The number of rotatable bonds is 2. The van der Waals surface area contributed by atoms with Crippen molar-refractivity contribution >= 4 is 27.3 Å². The topological polar surface area (TPSA) is 79.4 Å². The molecule has 1 aliphatic heterocycles. The number of sulfonamides is 1. The van der Waals surface area contributed by atoms with Crippen molar-refractivity contribution in [3.8, 4) is 0 Å². The first-order chi connectivity index (χ1) is 10.00. The van der Waals surface area contributed by atoms with Gasteiger partial charge in [-0.2, -0.15) is 8.42 Å². The fourth-order valence-corrected chi connectivity index (χ4v) is 3.50. The minimum Gasteiger partial charge on any atom is -0.323 e. The van der Waals surface area contributed by atoms with Crippen molar-refractivity contribution in [1.29, 1.82) is 0 Å². The molecule has 0 aliphatic carbocycles. The largest absolute Gasteiger partial charge is 0.323 e. The van der Waals surface area contributed by atoms with E-state index in [-0.39, 0.29) is 5.69 Å². The Morgan fingerprint density at radius 1 is 1.19 bits per heavy atom. The zero-order chi connectivity index (χ0) is 15.0. The summed E-state index contributed by atoms with van der Waals surface area (Å²) in [4.78, 5) is 15.3. The molecule has 1 aromatic carbocycles. The fourth-order valence-electron chi connectivity index (χ4n) is 2.08. The van der Waals surface area contributed by atoms with E-state index in [1.807, 2.05) is 0 Å². The van der Waals surface area contributed by atoms with Gasteiger partial charge in [-0.3, -0.25) is 9.10 Å². The van der Waals surface area contributed by atoms with Crippen LogP contribution in [0.3, 0.4) is 0 Å². The number of fused-ring (bicyclic) bond motifs is 1. The molecule has 2 aromatic rings. The van der Waals surface area contributed by atoms with Crippen LogP contribution >= 0.6 is 0 Å². The van der Waals surface area contributed by atoms with E-state index in [0.717, 1.165) is 10.4 Å². The molecule has 0 spiro atoms. The lowest BCUT2D eigenvalue weighted by molar-refractivity contribution is -0.115. The quantitative estimate of drug-likeness (QED) is 0.908. The molecular formula is C13H10FN3O3S. The average Bonchev–Trinajstić information content (AvgIpc) is 2.46. The van der Waals surface area contributed by atoms with E-state index in [0.29, 0.717) is 5.69 Å². The molecule has 21 heavy (non-hydrogen) atoms. The molecule has 0 atom stereocenters. The van der Waals surface area contributed by atoms with E-state index >= 15 is 0 Å². The number of amides is 1. The second kappa shape index (κ2) is 4.81. The number of benzene rings is 1. The van der Waals surface area contributed by atoms with Crippen LogP contribution in [0.25, 0.3) is 0 Å². The molecule has 2 heterocycles. The Kier molecular flexibility index (Phi) is 3.09. The van der Waals surface area contributed by atoms with Gasteiger partial charge in [0.25, 0.3) is 10.0 Å². The Bertz CT molecular complexity index is 823. The van der Waals surface area contributed by atoms with Gasteiger partial charge in [0.1, 0.15) is 6.54 Å². The van der Waals surface area contributed by atoms with Crippen molar-refractivity contribution in [2.75, 3.05) is 16.2 Å². The van der Waals surface area contributed by atoms with Gasteiger partial charge >= 0.3 is 0 Å². The number of nitrogens with zero attached hydrogens (tertiary/aromatic N) is 2. The fraction of sp³-hybridized carbons (Fsp3) is 0.0769. The number of carbonyl (C=O) groups excluding carboxylic acids is 1. The predicted octanol–water partition coefficient (Wildman–Crippen LogP) is 1.37. The van der Waals surface area contributed by atoms with Crippen molar-refractivity contribution in [3.05, 3.63) is 48.4 Å². The summed E-state index contributed by atoms with van der Waals surface area (Å²) >= 11 is 0. The summed E-state index contributed by atoms with van der Waals surface area (Å²) in [7, 11) is -4.25. The number of pyridine rings is 1. The average molecular weight is 307 g/mol. The first-order valence-electron chi connectivity index (χ1n) is 6.02. The summed E-state index contributed by atoms with van der Waals surface area (Å²) < 4.78 is 39.7. The third-order valence-corrected chi connectivity index (χ3v) is 4.69. The number of anilines is 2. The number of halogens is 1. The van der Waals surface area contributed by atoms with E-state index in [1.165, 1.54) is 18.3 Å². The van der Waals surface area contributed by atoms with Crippen molar-refractivity contribution in [1.82, 2.24) is 4.98 Å². The van der Waals surface area contributed by atoms with Gasteiger partial charge in [-0.05, 0) is 24.3 Å². The molecule has 3 rings (SSSR count). The van der Waals surface area contributed by atoms with Crippen LogP contribution in [0.2, 0.25) is 0 Å². The molecule has 1 aromatic heterocycles. The maximum atomic E-state index is 13.7. The first kappa shape index (κ1) is 13.5. The molecule has 8 heteroatoms. The highest BCUT2D eigenvalue weighted by Gasteiger charge is 2.34. The van der Waals surface area contributed by atoms with Crippen LogP contribution < -0.4 is 9.62 Å². The molecule has 0 unspecified atom stereocenters. The summed E-state index contributed by atoms with van der Waals surface area (Å²) in [5.74, 6) is -1.45. The highest BCUT2D eigenvalue weighted by atomic mass is 32.2. The van der Waals surface area contributed by atoms with Crippen LogP contribution in [0.5, 0.6) is 0 Å². The molecular weight excluding hydrogens is 297 g/mol. The molecule has 0 fully saturated rings. The number of para-hydroxylation sites is 2. The lowest BCUT2D eigenvalue weighted by Crippen LogP contribution is -2.42. The van der Waals surface area contributed by atoms with Crippen LogP contribution in [0.1, 0.15) is 0 Å². The zero-order valence-electron chi connectivity index (χ0n) is 10.7. The van der Waals surface area contributed by atoms with Gasteiger partial charge < -0.3 is 5.32 Å². The Labute approximate surface area is 120 Å². The van der Waals surface area contributed by atoms with Gasteiger partial charge in [0.15, 0.2) is 5.82 Å². The number of hydrogen-bond donors (Lipinski definition) is 1. The highest BCUT2D eigenvalue weighted by molar-refractivity contribution is 7.92. The van der Waals surface area contributed by atoms with E-state index in [2.05, 4.69) is 10.3 Å². The number of hydrogen-bond acceptors (Lipinski definition) is 4. The maximum Gasteiger partial charge on any atom is 0.285 e. The van der Waals surface area contributed by atoms with Gasteiger partial charge in [0, 0.05) is 6.20 Å². The third kappa shape index (κ3) is 2.23. The molecule has 1 aliphatic rings. The highest BCUT2D eigenvalue weighted by Crippen LogP contribution is 2.33. The van der Waals surface area contributed by atoms with Crippen LogP contribution in [0, 0.1) is 5.82 Å². The van der Waals surface area contributed by atoms with Crippen LogP contribution in [-0.4, -0.2) is 25.9 Å². The Hall–Kier alpha value is -2.48. The van der Waals surface area contributed by atoms with Crippen molar-refractivity contribution in [2.45, 2.75) is 5.03 Å². The number of carbonyl (C=O) groups is 1. The molecule has 0 bridgehead atoms. The first-order valence-corrected chi connectivity index (χ1v) is 7.46. The summed E-state index contributed by atoms with van der Waals surface area (Å²) in [6, 6.07) is 8.71. The Morgan fingerprint density at radius 3 is 2.71 bits per heavy atom. The molecule has 0 radical (unpaired) electrons. The van der Waals surface area contributed by atoms with Crippen molar-refractivity contribution in [3.63, 3.8) is 0 Å². The van der Waals surface area contributed by atoms with Gasteiger partial charge in [0.2, 0.25) is 10.9 Å². The minimum absolute atomic E-state index is 0.280. The summed E-state index contributed by atoms with van der Waals surface area (Å²) in [6.07, 6.45) is 1.19. The van der Waals surface area contributed by atoms with Gasteiger partial charge in [-0.25, -0.2) is 9.37 Å². The Balaban J connectivity index is 2.16. The lowest BCUT2D eigenvalue weighted by atomic mass is 10.2. The standard InChI is InChI=1S/C13H10FN3O3S/c14-9-4-3-7-15-13(9)21(19,20)17-8-12(18)16-10-5-1-2-6-11(10)17/h1-7H,8H2,(H,16,18). The summed E-state index contributed by atoms with van der Waals surface area (Å²) in [5, 5.41) is 1.87. The van der Waals surface area contributed by atoms with E-state index < -0.39 is 33.3 Å². The molecule has 6 nitrogen and oxygen atoms in total. The normalized spacial score (nSPS) is 14.5. The second-order valence-electron chi connectivity index (χ2n) is 4.37. The maximum absolute atomic E-state index is 13.7. The SMILES string of the molecule is O=C1CN(S(=O)(=O)c2ncccc2F)c2ccccc2N1. The van der Waals surface area contributed by atoms with Gasteiger partial charge in [0.05, 0.1) is 11.4 Å². The second-order valence-corrected chi connectivity index (χ2v) is 6.14. The third-order valence-electron chi connectivity index (χ3n) is 2.99. The number of aromatic nitrogens is 1. The molecule has 0 saturated heterocycles. The summed E-state index contributed by atoms with van der Waals surface area (Å²) in [5.41, 5.74) is 0.635. The summed E-state index contributed by atoms with van der Waals surface area (Å²) in [6.45, 7) is -0.421. The van der Waals surface area contributed by atoms with E-state index in [1.54, 1.807) is 18.2 Å². The number of nitrogens with one attached hydrogen (secondary N) is 1. The van der Waals surface area contributed by atoms with Crippen molar-refractivity contribution in [2.24, 2.45) is 0 Å². The van der Waals surface area contributed by atoms with E-state index in [9.17, 15) is 17.6 Å². The predicted molar refractivity (Wildman–Crippen MR) is 73.8 cm³/mol. The van der Waals surface area contributed by atoms with Crippen LogP contribution in [0.15, 0.2) is 47.6 Å². The molecule has 1 N–H and O–H groups in total. The molecule has 0 saturated carbocycles. The zero-order valence-corrected chi connectivity index (χ0v) is 11.5. The van der Waals surface area contributed by atoms with Crippen molar-refractivity contribution < 1.29 is 17.6 Å².